The second kappa shape index (κ2) is 6.02. The fourth-order valence-electron chi connectivity index (χ4n) is 1.73. The molecule has 0 saturated heterocycles. The van der Waals surface area contributed by atoms with E-state index in [2.05, 4.69) is 5.32 Å². The fraction of sp³-hybridized carbons (Fsp3) is 0.500. The van der Waals surface area contributed by atoms with E-state index in [1.807, 2.05) is 19.9 Å². The smallest absolute Gasteiger partial charge is 0.245 e. The maximum Gasteiger partial charge on any atom is 0.245 e. The van der Waals surface area contributed by atoms with E-state index in [0.717, 1.165) is 6.42 Å². The highest BCUT2D eigenvalue weighted by Gasteiger charge is 2.24. The summed E-state index contributed by atoms with van der Waals surface area (Å²) < 4.78 is 26.3. The first-order valence-corrected chi connectivity index (χ1v) is 7.28. The molecule has 0 bridgehead atoms. The van der Waals surface area contributed by atoms with Crippen molar-refractivity contribution >= 4 is 15.7 Å². The number of para-hydroxylation sites is 1. The third-order valence-corrected chi connectivity index (χ3v) is 4.63. The highest BCUT2D eigenvalue weighted by atomic mass is 32.2. The Bertz CT molecular complexity index is 457. The molecule has 0 amide bonds. The maximum absolute atomic E-state index is 12.4. The molecule has 0 unspecified atom stereocenters. The molecule has 1 aromatic rings. The summed E-state index contributed by atoms with van der Waals surface area (Å²) in [4.78, 5) is 0.345. The number of rotatable bonds is 6. The largest absolute Gasteiger partial charge is 0.387 e. The third-order valence-electron chi connectivity index (χ3n) is 2.60. The van der Waals surface area contributed by atoms with Gasteiger partial charge in [-0.1, -0.05) is 26.0 Å². The van der Waals surface area contributed by atoms with Crippen LogP contribution in [0.25, 0.3) is 0 Å². The van der Waals surface area contributed by atoms with Gasteiger partial charge in [0.25, 0.3) is 0 Å². The Labute approximate surface area is 104 Å². The van der Waals surface area contributed by atoms with Crippen molar-refractivity contribution < 1.29 is 8.42 Å². The zero-order valence-electron chi connectivity index (χ0n) is 10.6. The maximum atomic E-state index is 12.4. The molecule has 1 rings (SSSR count). The molecule has 1 aromatic carbocycles. The van der Waals surface area contributed by atoms with Crippen molar-refractivity contribution in [2.75, 3.05) is 25.5 Å². The van der Waals surface area contributed by atoms with Crippen molar-refractivity contribution in [3.63, 3.8) is 0 Å². The van der Waals surface area contributed by atoms with Crippen LogP contribution in [0.2, 0.25) is 0 Å². The van der Waals surface area contributed by atoms with Crippen molar-refractivity contribution in [3.05, 3.63) is 24.3 Å². The van der Waals surface area contributed by atoms with Crippen LogP contribution in [0.4, 0.5) is 5.69 Å². The van der Waals surface area contributed by atoms with E-state index in [-0.39, 0.29) is 0 Å². The van der Waals surface area contributed by atoms with Gasteiger partial charge >= 0.3 is 0 Å². The molecule has 0 aliphatic rings. The molecule has 0 aliphatic heterocycles. The first kappa shape index (κ1) is 14.0. The monoisotopic (exact) mass is 256 g/mol. The molecular weight excluding hydrogens is 236 g/mol. The molecule has 17 heavy (non-hydrogen) atoms. The Morgan fingerprint density at radius 1 is 1.24 bits per heavy atom. The Morgan fingerprint density at radius 3 is 2.41 bits per heavy atom. The lowest BCUT2D eigenvalue weighted by Gasteiger charge is -2.21. The summed E-state index contributed by atoms with van der Waals surface area (Å²) in [5, 5.41) is 2.92. The summed E-state index contributed by atoms with van der Waals surface area (Å²) in [5.41, 5.74) is 0.641. The van der Waals surface area contributed by atoms with Crippen LogP contribution in [-0.4, -0.2) is 32.9 Å². The molecule has 1 N–H and O–H groups in total. The van der Waals surface area contributed by atoms with Crippen molar-refractivity contribution in [1.29, 1.82) is 0 Å². The first-order valence-electron chi connectivity index (χ1n) is 5.84. The average Bonchev–Trinajstić information content (AvgIpc) is 2.35. The third kappa shape index (κ3) is 2.98. The van der Waals surface area contributed by atoms with Crippen molar-refractivity contribution in [2.45, 2.75) is 25.2 Å². The Kier molecular flexibility index (Phi) is 4.96. The number of sulfonamides is 1. The van der Waals surface area contributed by atoms with Gasteiger partial charge in [0.05, 0.1) is 5.69 Å². The first-order chi connectivity index (χ1) is 8.07. The number of nitrogens with one attached hydrogen (secondary N) is 1. The van der Waals surface area contributed by atoms with E-state index in [0.29, 0.717) is 23.7 Å². The fourth-order valence-corrected chi connectivity index (χ4v) is 3.47. The molecule has 0 aromatic heterocycles. The minimum atomic E-state index is -3.39. The Hall–Kier alpha value is -1.07. The molecule has 0 radical (unpaired) electrons. The minimum absolute atomic E-state index is 0.345. The molecule has 0 aliphatic carbocycles. The molecule has 5 heteroatoms. The molecule has 4 nitrogen and oxygen atoms in total. The lowest BCUT2D eigenvalue weighted by atomic mass is 10.3. The molecular formula is C12H20N2O2S. The lowest BCUT2D eigenvalue weighted by molar-refractivity contribution is 0.427. The number of anilines is 1. The van der Waals surface area contributed by atoms with Gasteiger partial charge in [0.2, 0.25) is 10.0 Å². The minimum Gasteiger partial charge on any atom is -0.387 e. The van der Waals surface area contributed by atoms with Gasteiger partial charge in [-0.3, -0.25) is 0 Å². The molecule has 0 spiro atoms. The number of benzene rings is 1. The van der Waals surface area contributed by atoms with Gasteiger partial charge in [0.15, 0.2) is 0 Å². The molecule has 0 heterocycles. The van der Waals surface area contributed by atoms with Crippen LogP contribution >= 0.6 is 0 Å². The summed E-state index contributed by atoms with van der Waals surface area (Å²) in [6.07, 6.45) is 0.814. The molecule has 0 atom stereocenters. The summed E-state index contributed by atoms with van der Waals surface area (Å²) in [6, 6.07) is 6.97. The van der Waals surface area contributed by atoms with Crippen LogP contribution in [0.1, 0.15) is 20.3 Å². The lowest BCUT2D eigenvalue weighted by Crippen LogP contribution is -2.32. The van der Waals surface area contributed by atoms with Crippen LogP contribution in [-0.2, 0) is 10.0 Å². The van der Waals surface area contributed by atoms with Crippen molar-refractivity contribution in [3.8, 4) is 0 Å². The van der Waals surface area contributed by atoms with Gasteiger partial charge in [-0.2, -0.15) is 4.31 Å². The predicted octanol–water partition coefficient (Wildman–Crippen LogP) is 2.15. The second-order valence-electron chi connectivity index (χ2n) is 3.74. The van der Waals surface area contributed by atoms with E-state index < -0.39 is 10.0 Å². The molecule has 96 valence electrons. The van der Waals surface area contributed by atoms with Gasteiger partial charge in [-0.25, -0.2) is 8.42 Å². The summed E-state index contributed by atoms with van der Waals surface area (Å²) in [7, 11) is -1.66. The van der Waals surface area contributed by atoms with Crippen molar-refractivity contribution in [2.24, 2.45) is 0 Å². The SMILES string of the molecule is CCCN(CC)S(=O)(=O)c1ccccc1NC. The topological polar surface area (TPSA) is 49.4 Å². The van der Waals surface area contributed by atoms with Gasteiger partial charge in [0, 0.05) is 20.1 Å². The van der Waals surface area contributed by atoms with E-state index in [1.54, 1.807) is 25.2 Å². The Balaban J connectivity index is 3.20. The highest BCUT2D eigenvalue weighted by molar-refractivity contribution is 7.89. The summed E-state index contributed by atoms with van der Waals surface area (Å²) in [5.74, 6) is 0. The predicted molar refractivity (Wildman–Crippen MR) is 70.7 cm³/mol. The van der Waals surface area contributed by atoms with Gasteiger partial charge in [-0.05, 0) is 18.6 Å². The molecule has 0 fully saturated rings. The normalized spacial score (nSPS) is 11.8. The summed E-state index contributed by atoms with van der Waals surface area (Å²) in [6.45, 7) is 4.88. The average molecular weight is 256 g/mol. The van der Waals surface area contributed by atoms with Crippen LogP contribution < -0.4 is 5.32 Å². The van der Waals surface area contributed by atoms with E-state index >= 15 is 0 Å². The summed E-state index contributed by atoms with van der Waals surface area (Å²) >= 11 is 0. The van der Waals surface area contributed by atoms with Crippen LogP contribution in [0.5, 0.6) is 0 Å². The zero-order valence-corrected chi connectivity index (χ0v) is 11.4. The van der Waals surface area contributed by atoms with Gasteiger partial charge < -0.3 is 5.32 Å². The quantitative estimate of drug-likeness (QED) is 0.848. The van der Waals surface area contributed by atoms with E-state index in [1.165, 1.54) is 4.31 Å². The van der Waals surface area contributed by atoms with Crippen LogP contribution in [0.15, 0.2) is 29.2 Å². The van der Waals surface area contributed by atoms with E-state index in [9.17, 15) is 8.42 Å². The molecule has 0 saturated carbocycles. The van der Waals surface area contributed by atoms with Crippen molar-refractivity contribution in [1.82, 2.24) is 4.31 Å². The highest BCUT2D eigenvalue weighted by Crippen LogP contribution is 2.23. The van der Waals surface area contributed by atoms with Crippen LogP contribution in [0.3, 0.4) is 0 Å². The number of hydrogen-bond donors (Lipinski definition) is 1. The van der Waals surface area contributed by atoms with Gasteiger partial charge in [0.1, 0.15) is 4.90 Å². The van der Waals surface area contributed by atoms with Crippen LogP contribution in [0, 0.1) is 0 Å². The number of hydrogen-bond acceptors (Lipinski definition) is 3. The second-order valence-corrected chi connectivity index (χ2v) is 5.65. The van der Waals surface area contributed by atoms with Gasteiger partial charge in [-0.15, -0.1) is 0 Å². The standard InChI is InChI=1S/C12H20N2O2S/c1-4-10-14(5-2)17(15,16)12-9-7-6-8-11(12)13-3/h6-9,13H,4-5,10H2,1-3H3. The Morgan fingerprint density at radius 2 is 1.88 bits per heavy atom. The van der Waals surface area contributed by atoms with E-state index in [4.69, 9.17) is 0 Å². The zero-order chi connectivity index (χ0) is 12.9. The number of nitrogens with zero attached hydrogens (tertiary/aromatic N) is 1.